The maximum atomic E-state index is 12.4. The molecule has 0 saturated carbocycles. The van der Waals surface area contributed by atoms with Gasteiger partial charge in [-0.3, -0.25) is 9.69 Å². The first-order chi connectivity index (χ1) is 10.2. The highest BCUT2D eigenvalue weighted by Gasteiger charge is 2.21. The van der Waals surface area contributed by atoms with Crippen molar-refractivity contribution in [1.82, 2.24) is 9.80 Å². The highest BCUT2D eigenvalue weighted by atomic mass is 16.5. The van der Waals surface area contributed by atoms with Crippen molar-refractivity contribution >= 4 is 5.91 Å². The number of terminal acetylenes is 1. The monoisotopic (exact) mass is 288 g/mol. The van der Waals surface area contributed by atoms with Gasteiger partial charge in [0.2, 0.25) is 0 Å². The first-order valence-corrected chi connectivity index (χ1v) is 7.03. The smallest absolute Gasteiger partial charge is 0.253 e. The number of β-amino-alcohol motifs (C(OH)–C–C–N with tert-alkyl or cyclic N) is 1. The summed E-state index contributed by atoms with van der Waals surface area (Å²) in [7, 11) is 0. The lowest BCUT2D eigenvalue weighted by Crippen LogP contribution is -2.49. The van der Waals surface area contributed by atoms with Gasteiger partial charge in [-0.15, -0.1) is 6.42 Å². The highest BCUT2D eigenvalue weighted by molar-refractivity contribution is 5.94. The maximum absolute atomic E-state index is 12.4. The Morgan fingerprint density at radius 3 is 2.48 bits per heavy atom. The van der Waals surface area contributed by atoms with Crippen molar-refractivity contribution in [3.8, 4) is 18.1 Å². The Kier molecular flexibility index (Phi) is 5.61. The van der Waals surface area contributed by atoms with Crippen molar-refractivity contribution in [2.24, 2.45) is 0 Å². The van der Waals surface area contributed by atoms with Crippen LogP contribution in [-0.4, -0.2) is 66.8 Å². The second kappa shape index (κ2) is 7.67. The van der Waals surface area contributed by atoms with Crippen LogP contribution in [0.25, 0.3) is 0 Å². The van der Waals surface area contributed by atoms with Crippen LogP contribution in [0.5, 0.6) is 5.75 Å². The maximum Gasteiger partial charge on any atom is 0.253 e. The number of ether oxygens (including phenoxy) is 1. The normalized spacial score (nSPS) is 15.5. The zero-order chi connectivity index (χ0) is 15.1. The predicted octanol–water partition coefficient (Wildman–Crippen LogP) is 0.449. The number of piperazine rings is 1. The molecule has 1 aliphatic rings. The Bertz CT molecular complexity index is 499. The second-order valence-electron chi connectivity index (χ2n) is 4.87. The lowest BCUT2D eigenvalue weighted by atomic mass is 10.1. The molecule has 5 heteroatoms. The van der Waals surface area contributed by atoms with Gasteiger partial charge < -0.3 is 14.7 Å². The van der Waals surface area contributed by atoms with Crippen LogP contribution in [0.15, 0.2) is 24.3 Å². The third kappa shape index (κ3) is 4.22. The van der Waals surface area contributed by atoms with Crippen LogP contribution in [0, 0.1) is 12.3 Å². The average Bonchev–Trinajstić information content (AvgIpc) is 2.54. The summed E-state index contributed by atoms with van der Waals surface area (Å²) in [5.74, 6) is 3.09. The number of nitrogens with zero attached hydrogens (tertiary/aromatic N) is 2. The lowest BCUT2D eigenvalue weighted by Gasteiger charge is -2.34. The van der Waals surface area contributed by atoms with E-state index in [4.69, 9.17) is 16.3 Å². The minimum atomic E-state index is 0.0298. The molecular weight excluding hydrogens is 268 g/mol. The SMILES string of the molecule is C#CCOc1ccc(C(=O)N2CCN(CCO)CC2)cc1. The lowest BCUT2D eigenvalue weighted by molar-refractivity contribution is 0.0615. The summed E-state index contributed by atoms with van der Waals surface area (Å²) in [6.45, 7) is 4.03. The Labute approximate surface area is 125 Å². The number of aliphatic hydroxyl groups excluding tert-OH is 1. The van der Waals surface area contributed by atoms with E-state index in [1.807, 2.05) is 4.90 Å². The molecule has 0 unspecified atom stereocenters. The topological polar surface area (TPSA) is 53.0 Å². The molecule has 1 aliphatic heterocycles. The number of benzene rings is 1. The van der Waals surface area contributed by atoms with E-state index >= 15 is 0 Å². The Morgan fingerprint density at radius 2 is 1.90 bits per heavy atom. The van der Waals surface area contributed by atoms with Gasteiger partial charge in [0.15, 0.2) is 0 Å². The van der Waals surface area contributed by atoms with Crippen LogP contribution in [0.2, 0.25) is 0 Å². The molecule has 1 aromatic carbocycles. The van der Waals surface area contributed by atoms with Gasteiger partial charge in [0, 0.05) is 38.3 Å². The standard InChI is InChI=1S/C16H20N2O3/c1-2-13-21-15-5-3-14(4-6-15)16(20)18-9-7-17(8-10-18)11-12-19/h1,3-6,19H,7-13H2. The van der Waals surface area contributed by atoms with Crippen molar-refractivity contribution in [3.05, 3.63) is 29.8 Å². The van der Waals surface area contributed by atoms with Crippen molar-refractivity contribution in [3.63, 3.8) is 0 Å². The van der Waals surface area contributed by atoms with Crippen LogP contribution < -0.4 is 4.74 Å². The third-order valence-electron chi connectivity index (χ3n) is 3.50. The first kappa shape index (κ1) is 15.4. The summed E-state index contributed by atoms with van der Waals surface area (Å²) in [4.78, 5) is 16.4. The molecule has 21 heavy (non-hydrogen) atoms. The quantitative estimate of drug-likeness (QED) is 0.799. The van der Waals surface area contributed by atoms with E-state index in [9.17, 15) is 4.79 Å². The van der Waals surface area contributed by atoms with E-state index in [1.54, 1.807) is 24.3 Å². The van der Waals surface area contributed by atoms with Crippen molar-refractivity contribution in [1.29, 1.82) is 0 Å². The molecular formula is C16H20N2O3. The molecule has 1 aromatic rings. The predicted molar refractivity (Wildman–Crippen MR) is 80.2 cm³/mol. The number of carbonyl (C=O) groups is 1. The van der Waals surface area contributed by atoms with Crippen LogP contribution in [0.4, 0.5) is 0 Å². The summed E-state index contributed by atoms with van der Waals surface area (Å²) in [6, 6.07) is 7.03. The number of carbonyl (C=O) groups excluding carboxylic acids is 1. The Hall–Kier alpha value is -2.03. The van der Waals surface area contributed by atoms with Crippen LogP contribution in [0.3, 0.4) is 0 Å². The molecule has 0 aliphatic carbocycles. The Morgan fingerprint density at radius 1 is 1.24 bits per heavy atom. The van der Waals surface area contributed by atoms with E-state index in [-0.39, 0.29) is 19.1 Å². The van der Waals surface area contributed by atoms with Gasteiger partial charge in [-0.1, -0.05) is 5.92 Å². The molecule has 0 bridgehead atoms. The fourth-order valence-electron chi connectivity index (χ4n) is 2.32. The Balaban J connectivity index is 1.90. The molecule has 1 fully saturated rings. The summed E-state index contributed by atoms with van der Waals surface area (Å²) in [5, 5.41) is 8.91. The van der Waals surface area contributed by atoms with Gasteiger partial charge in [0.05, 0.1) is 6.61 Å². The van der Waals surface area contributed by atoms with Crippen LogP contribution in [-0.2, 0) is 0 Å². The molecule has 1 amide bonds. The molecule has 5 nitrogen and oxygen atoms in total. The molecule has 0 atom stereocenters. The number of amides is 1. The second-order valence-corrected chi connectivity index (χ2v) is 4.87. The molecule has 1 N–H and O–H groups in total. The minimum absolute atomic E-state index is 0.0298. The van der Waals surface area contributed by atoms with Crippen molar-refractivity contribution < 1.29 is 14.6 Å². The van der Waals surface area contributed by atoms with Gasteiger partial charge in [-0.05, 0) is 24.3 Å². The number of hydrogen-bond donors (Lipinski definition) is 1. The van der Waals surface area contributed by atoms with Crippen molar-refractivity contribution in [2.75, 3.05) is 45.9 Å². The van der Waals surface area contributed by atoms with Gasteiger partial charge in [-0.25, -0.2) is 0 Å². The summed E-state index contributed by atoms with van der Waals surface area (Å²) >= 11 is 0. The summed E-state index contributed by atoms with van der Waals surface area (Å²) < 4.78 is 5.28. The van der Waals surface area contributed by atoms with Gasteiger partial charge in [0.1, 0.15) is 12.4 Å². The van der Waals surface area contributed by atoms with E-state index in [2.05, 4.69) is 10.8 Å². The zero-order valence-electron chi connectivity index (χ0n) is 12.0. The van der Waals surface area contributed by atoms with E-state index in [1.165, 1.54) is 0 Å². The average molecular weight is 288 g/mol. The van der Waals surface area contributed by atoms with E-state index in [0.717, 1.165) is 13.1 Å². The minimum Gasteiger partial charge on any atom is -0.481 e. The molecule has 0 radical (unpaired) electrons. The fraction of sp³-hybridized carbons (Fsp3) is 0.438. The van der Waals surface area contributed by atoms with E-state index in [0.29, 0.717) is 30.9 Å². The van der Waals surface area contributed by atoms with Gasteiger partial charge in [-0.2, -0.15) is 0 Å². The van der Waals surface area contributed by atoms with Gasteiger partial charge >= 0.3 is 0 Å². The fourth-order valence-corrected chi connectivity index (χ4v) is 2.32. The molecule has 1 heterocycles. The molecule has 0 spiro atoms. The van der Waals surface area contributed by atoms with E-state index < -0.39 is 0 Å². The molecule has 2 rings (SSSR count). The van der Waals surface area contributed by atoms with Crippen LogP contribution in [0.1, 0.15) is 10.4 Å². The van der Waals surface area contributed by atoms with Gasteiger partial charge in [0.25, 0.3) is 5.91 Å². The largest absolute Gasteiger partial charge is 0.481 e. The summed E-state index contributed by atoms with van der Waals surface area (Å²) in [6.07, 6.45) is 5.13. The highest BCUT2D eigenvalue weighted by Crippen LogP contribution is 2.14. The first-order valence-electron chi connectivity index (χ1n) is 7.03. The zero-order valence-corrected chi connectivity index (χ0v) is 12.0. The molecule has 1 saturated heterocycles. The number of hydrogen-bond acceptors (Lipinski definition) is 4. The number of aliphatic hydroxyl groups is 1. The summed E-state index contributed by atoms with van der Waals surface area (Å²) in [5.41, 5.74) is 0.652. The van der Waals surface area contributed by atoms with Crippen LogP contribution >= 0.6 is 0 Å². The van der Waals surface area contributed by atoms with Crippen molar-refractivity contribution in [2.45, 2.75) is 0 Å². The molecule has 112 valence electrons. The molecule has 0 aromatic heterocycles. The number of rotatable bonds is 5. The third-order valence-corrected chi connectivity index (χ3v) is 3.50.